The molecule has 1 saturated heterocycles. The van der Waals surface area contributed by atoms with E-state index in [0.717, 1.165) is 19.4 Å². The van der Waals surface area contributed by atoms with Crippen LogP contribution in [0.1, 0.15) is 25.7 Å². The lowest BCUT2D eigenvalue weighted by Crippen LogP contribution is -2.39. The monoisotopic (exact) mass is 253 g/mol. The summed E-state index contributed by atoms with van der Waals surface area (Å²) >= 11 is 0. The van der Waals surface area contributed by atoms with Gasteiger partial charge in [0.05, 0.1) is 13.0 Å². The van der Waals surface area contributed by atoms with Crippen molar-refractivity contribution in [3.63, 3.8) is 0 Å². The van der Waals surface area contributed by atoms with E-state index in [1.54, 1.807) is 0 Å². The number of halogens is 3. The van der Waals surface area contributed by atoms with Crippen molar-refractivity contribution in [3.8, 4) is 0 Å². The van der Waals surface area contributed by atoms with Crippen molar-refractivity contribution < 1.29 is 22.7 Å². The molecule has 3 nitrogen and oxygen atoms in total. The summed E-state index contributed by atoms with van der Waals surface area (Å²) in [5.74, 6) is -0.440. The number of carbonyl (C=O) groups is 1. The Morgan fingerprint density at radius 3 is 2.76 bits per heavy atom. The van der Waals surface area contributed by atoms with E-state index in [1.807, 2.05) is 4.90 Å². The largest absolute Gasteiger partial charge is 0.469 e. The molecule has 0 saturated carbocycles. The number of nitrogens with zero attached hydrogens (tertiary/aromatic N) is 1. The Balaban J connectivity index is 2.28. The molecule has 17 heavy (non-hydrogen) atoms. The lowest BCUT2D eigenvalue weighted by molar-refractivity contribution is -0.148. The van der Waals surface area contributed by atoms with Crippen LogP contribution in [0.3, 0.4) is 0 Å². The molecular weight excluding hydrogens is 235 g/mol. The van der Waals surface area contributed by atoms with Crippen molar-refractivity contribution in [2.75, 3.05) is 26.7 Å². The Bertz CT molecular complexity index is 256. The maximum atomic E-state index is 12.0. The highest BCUT2D eigenvalue weighted by Gasteiger charge is 2.29. The van der Waals surface area contributed by atoms with Crippen LogP contribution in [-0.4, -0.2) is 43.8 Å². The van der Waals surface area contributed by atoms with Gasteiger partial charge in [-0.1, -0.05) is 0 Å². The first-order valence-corrected chi connectivity index (χ1v) is 5.79. The third-order valence-corrected chi connectivity index (χ3v) is 2.97. The predicted molar refractivity (Wildman–Crippen MR) is 56.5 cm³/mol. The lowest BCUT2D eigenvalue weighted by Gasteiger charge is -2.31. The number of piperidine rings is 1. The number of carbonyl (C=O) groups excluding carboxylic acids is 1. The molecule has 0 amide bonds. The number of rotatable bonds is 4. The van der Waals surface area contributed by atoms with Gasteiger partial charge in [0.15, 0.2) is 0 Å². The first kappa shape index (κ1) is 14.3. The molecule has 100 valence electrons. The Morgan fingerprint density at radius 2 is 2.18 bits per heavy atom. The fraction of sp³-hybridized carbons (Fsp3) is 0.909. The van der Waals surface area contributed by atoms with E-state index in [-0.39, 0.29) is 18.3 Å². The third-order valence-electron chi connectivity index (χ3n) is 2.97. The summed E-state index contributed by atoms with van der Waals surface area (Å²) in [6.45, 7) is 1.68. The summed E-state index contributed by atoms with van der Waals surface area (Å²) in [6.07, 6.45) is -3.14. The quantitative estimate of drug-likeness (QED) is 0.719. The van der Waals surface area contributed by atoms with Crippen molar-refractivity contribution in [2.24, 2.45) is 5.92 Å². The zero-order chi connectivity index (χ0) is 12.9. The van der Waals surface area contributed by atoms with Crippen molar-refractivity contribution >= 4 is 5.97 Å². The fourth-order valence-electron chi connectivity index (χ4n) is 2.12. The second-order valence-corrected chi connectivity index (χ2v) is 4.38. The molecule has 0 radical (unpaired) electrons. The van der Waals surface area contributed by atoms with E-state index in [9.17, 15) is 18.0 Å². The van der Waals surface area contributed by atoms with Crippen LogP contribution in [0, 0.1) is 5.92 Å². The molecule has 1 atom stereocenters. The Hall–Kier alpha value is -0.780. The van der Waals surface area contributed by atoms with Crippen LogP contribution in [-0.2, 0) is 9.53 Å². The Morgan fingerprint density at radius 1 is 1.47 bits per heavy atom. The van der Waals surface area contributed by atoms with Gasteiger partial charge in [0.25, 0.3) is 0 Å². The molecule has 0 aromatic heterocycles. The molecule has 0 spiro atoms. The van der Waals surface area contributed by atoms with Crippen LogP contribution in [0.4, 0.5) is 13.2 Å². The van der Waals surface area contributed by atoms with Crippen LogP contribution >= 0.6 is 0 Å². The molecule has 1 aliphatic heterocycles. The molecule has 0 unspecified atom stereocenters. The van der Waals surface area contributed by atoms with Crippen LogP contribution in [0.5, 0.6) is 0 Å². The molecule has 1 rings (SSSR count). The summed E-state index contributed by atoms with van der Waals surface area (Å²) in [7, 11) is 1.34. The molecule has 0 aliphatic carbocycles. The number of hydrogen-bond acceptors (Lipinski definition) is 3. The smallest absolute Gasteiger partial charge is 0.389 e. The van der Waals surface area contributed by atoms with Gasteiger partial charge in [0.1, 0.15) is 0 Å². The first-order valence-electron chi connectivity index (χ1n) is 5.79. The van der Waals surface area contributed by atoms with E-state index in [1.165, 1.54) is 7.11 Å². The lowest BCUT2D eigenvalue weighted by atomic mass is 9.98. The summed E-state index contributed by atoms with van der Waals surface area (Å²) < 4.78 is 40.6. The second kappa shape index (κ2) is 6.23. The van der Waals surface area contributed by atoms with Crippen LogP contribution in [0.15, 0.2) is 0 Å². The fourth-order valence-corrected chi connectivity index (χ4v) is 2.12. The van der Waals surface area contributed by atoms with Gasteiger partial charge in [-0.25, -0.2) is 0 Å². The van der Waals surface area contributed by atoms with Crippen LogP contribution in [0.25, 0.3) is 0 Å². The first-order chi connectivity index (χ1) is 7.92. The van der Waals surface area contributed by atoms with Crippen molar-refractivity contribution in [3.05, 3.63) is 0 Å². The van der Waals surface area contributed by atoms with Crippen molar-refractivity contribution in [1.29, 1.82) is 0 Å². The van der Waals surface area contributed by atoms with Crippen molar-refractivity contribution in [2.45, 2.75) is 31.9 Å². The molecule has 0 bridgehead atoms. The molecule has 1 fully saturated rings. The van der Waals surface area contributed by atoms with Crippen LogP contribution < -0.4 is 0 Å². The van der Waals surface area contributed by atoms with Crippen molar-refractivity contribution in [1.82, 2.24) is 4.90 Å². The molecule has 1 aliphatic rings. The highest BCUT2D eigenvalue weighted by molar-refractivity contribution is 5.72. The number of esters is 1. The SMILES string of the molecule is COC(=O)[C@H]1CCCN(CCCC(F)(F)F)C1. The summed E-state index contributed by atoms with van der Waals surface area (Å²) in [6, 6.07) is 0. The average molecular weight is 253 g/mol. The van der Waals surface area contributed by atoms with Gasteiger partial charge >= 0.3 is 12.1 Å². The van der Waals surface area contributed by atoms with Gasteiger partial charge in [0.2, 0.25) is 0 Å². The standard InChI is InChI=1S/C11H18F3NO2/c1-17-10(16)9-4-2-6-15(8-9)7-3-5-11(12,13)14/h9H,2-8H2,1H3/t9-/m0/s1. The van der Waals surface area contributed by atoms with Gasteiger partial charge in [-0.2, -0.15) is 13.2 Å². The van der Waals surface area contributed by atoms with Gasteiger partial charge in [-0.15, -0.1) is 0 Å². The van der Waals surface area contributed by atoms with Crippen LogP contribution in [0.2, 0.25) is 0 Å². The maximum absolute atomic E-state index is 12.0. The van der Waals surface area contributed by atoms with E-state index in [4.69, 9.17) is 0 Å². The number of hydrogen-bond donors (Lipinski definition) is 0. The topological polar surface area (TPSA) is 29.5 Å². The third kappa shape index (κ3) is 5.39. The van der Waals surface area contributed by atoms with Gasteiger partial charge in [-0.05, 0) is 32.4 Å². The van der Waals surface area contributed by atoms with E-state index < -0.39 is 12.6 Å². The van der Waals surface area contributed by atoms with E-state index in [2.05, 4.69) is 4.74 Å². The van der Waals surface area contributed by atoms with Gasteiger partial charge < -0.3 is 9.64 Å². The zero-order valence-electron chi connectivity index (χ0n) is 9.92. The number of alkyl halides is 3. The Kier molecular flexibility index (Phi) is 5.24. The second-order valence-electron chi connectivity index (χ2n) is 4.38. The Labute approximate surface area is 98.9 Å². The highest BCUT2D eigenvalue weighted by atomic mass is 19.4. The molecule has 0 aromatic carbocycles. The summed E-state index contributed by atoms with van der Waals surface area (Å²) in [5, 5.41) is 0. The van der Waals surface area contributed by atoms with E-state index >= 15 is 0 Å². The van der Waals surface area contributed by atoms with Gasteiger partial charge in [0, 0.05) is 13.0 Å². The minimum atomic E-state index is -4.09. The number of ether oxygens (including phenoxy) is 1. The minimum Gasteiger partial charge on any atom is -0.469 e. The molecule has 1 heterocycles. The molecular formula is C11H18F3NO2. The molecule has 0 N–H and O–H groups in total. The molecule has 0 aromatic rings. The predicted octanol–water partition coefficient (Wildman–Crippen LogP) is 2.21. The minimum absolute atomic E-state index is 0.0946. The highest BCUT2D eigenvalue weighted by Crippen LogP contribution is 2.23. The zero-order valence-corrected chi connectivity index (χ0v) is 9.92. The van der Waals surface area contributed by atoms with Gasteiger partial charge in [-0.3, -0.25) is 4.79 Å². The molecule has 6 heteroatoms. The number of likely N-dealkylation sites (tertiary alicyclic amines) is 1. The average Bonchev–Trinajstić information content (AvgIpc) is 2.27. The number of methoxy groups -OCH3 is 1. The normalized spacial score (nSPS) is 22.5. The summed E-state index contributed by atoms with van der Waals surface area (Å²) in [5.41, 5.74) is 0. The maximum Gasteiger partial charge on any atom is 0.389 e. The summed E-state index contributed by atoms with van der Waals surface area (Å²) in [4.78, 5) is 13.2. The van der Waals surface area contributed by atoms with E-state index in [0.29, 0.717) is 13.1 Å².